The summed E-state index contributed by atoms with van der Waals surface area (Å²) in [7, 11) is 1.47. The SMILES string of the molecule is CC(C(=O)N(C)CC(N)=O)C(N)=S. The molecule has 74 valence electrons. The standard InChI is InChI=1S/C7H13N3O2S/c1-4(6(9)13)7(12)10(2)3-5(8)11/h4H,3H2,1-2H3,(H2,8,11)(H2,9,13). The summed E-state index contributed by atoms with van der Waals surface area (Å²) < 4.78 is 0. The summed E-state index contributed by atoms with van der Waals surface area (Å²) >= 11 is 4.64. The highest BCUT2D eigenvalue weighted by atomic mass is 32.1. The number of hydrogen-bond acceptors (Lipinski definition) is 3. The van der Waals surface area contributed by atoms with Crippen LogP contribution in [0, 0.1) is 5.92 Å². The molecule has 0 radical (unpaired) electrons. The first kappa shape index (κ1) is 11.8. The molecule has 0 aliphatic heterocycles. The zero-order valence-electron chi connectivity index (χ0n) is 7.61. The Balaban J connectivity index is 4.25. The lowest BCUT2D eigenvalue weighted by atomic mass is 10.1. The minimum absolute atomic E-state index is 0.112. The molecule has 0 aliphatic rings. The van der Waals surface area contributed by atoms with E-state index in [1.165, 1.54) is 11.9 Å². The van der Waals surface area contributed by atoms with E-state index in [9.17, 15) is 9.59 Å². The van der Waals surface area contributed by atoms with E-state index in [0.717, 1.165) is 0 Å². The van der Waals surface area contributed by atoms with Crippen LogP contribution in [0.5, 0.6) is 0 Å². The largest absolute Gasteiger partial charge is 0.393 e. The second-order valence-corrected chi connectivity index (χ2v) is 3.26. The van der Waals surface area contributed by atoms with Crippen molar-refractivity contribution in [3.63, 3.8) is 0 Å². The molecule has 0 aromatic heterocycles. The number of likely N-dealkylation sites (N-methyl/N-ethyl adjacent to an activating group) is 1. The van der Waals surface area contributed by atoms with Crippen molar-refractivity contribution in [2.75, 3.05) is 13.6 Å². The number of carbonyl (C=O) groups is 2. The molecule has 1 atom stereocenters. The first-order valence-electron chi connectivity index (χ1n) is 3.69. The number of nitrogens with two attached hydrogens (primary N) is 2. The van der Waals surface area contributed by atoms with Gasteiger partial charge in [-0.1, -0.05) is 12.2 Å². The predicted molar refractivity (Wildman–Crippen MR) is 52.8 cm³/mol. The Morgan fingerprint density at radius 2 is 1.92 bits per heavy atom. The van der Waals surface area contributed by atoms with Gasteiger partial charge in [-0.3, -0.25) is 9.59 Å². The fourth-order valence-electron chi connectivity index (χ4n) is 0.764. The summed E-state index contributed by atoms with van der Waals surface area (Å²) in [6.45, 7) is 1.47. The molecule has 0 saturated carbocycles. The van der Waals surface area contributed by atoms with E-state index < -0.39 is 11.8 Å². The van der Waals surface area contributed by atoms with E-state index in [4.69, 9.17) is 11.5 Å². The maximum Gasteiger partial charge on any atom is 0.237 e. The Bertz CT molecular complexity index is 242. The molecule has 0 heterocycles. The number of hydrogen-bond donors (Lipinski definition) is 2. The third-order valence-electron chi connectivity index (χ3n) is 1.57. The summed E-state index contributed by atoms with van der Waals surface area (Å²) in [4.78, 5) is 23.2. The molecule has 0 rings (SSSR count). The summed E-state index contributed by atoms with van der Waals surface area (Å²) in [5.41, 5.74) is 10.2. The third kappa shape index (κ3) is 3.84. The predicted octanol–water partition coefficient (Wildman–Crippen LogP) is -1.15. The van der Waals surface area contributed by atoms with Gasteiger partial charge in [-0.25, -0.2) is 0 Å². The average molecular weight is 203 g/mol. The third-order valence-corrected chi connectivity index (χ3v) is 1.92. The number of rotatable bonds is 4. The van der Waals surface area contributed by atoms with Gasteiger partial charge in [-0.15, -0.1) is 0 Å². The number of thiocarbonyl (C=S) groups is 1. The Kier molecular flexibility index (Phi) is 4.33. The van der Waals surface area contributed by atoms with Gasteiger partial charge in [0.2, 0.25) is 11.8 Å². The minimum Gasteiger partial charge on any atom is -0.393 e. The molecule has 0 bridgehead atoms. The molecular weight excluding hydrogens is 190 g/mol. The maximum atomic E-state index is 11.4. The zero-order valence-corrected chi connectivity index (χ0v) is 8.43. The molecule has 0 aromatic rings. The number of nitrogens with zero attached hydrogens (tertiary/aromatic N) is 1. The van der Waals surface area contributed by atoms with Crippen molar-refractivity contribution < 1.29 is 9.59 Å². The zero-order chi connectivity index (χ0) is 10.6. The van der Waals surface area contributed by atoms with Crippen LogP contribution in [0.15, 0.2) is 0 Å². The molecule has 5 nitrogen and oxygen atoms in total. The van der Waals surface area contributed by atoms with Gasteiger partial charge in [0.05, 0.1) is 17.5 Å². The highest BCUT2D eigenvalue weighted by Gasteiger charge is 2.20. The Morgan fingerprint density at radius 3 is 2.23 bits per heavy atom. The van der Waals surface area contributed by atoms with Gasteiger partial charge in [-0.05, 0) is 6.92 Å². The van der Waals surface area contributed by atoms with Crippen LogP contribution in [0.25, 0.3) is 0 Å². The molecule has 0 spiro atoms. The lowest BCUT2D eigenvalue weighted by molar-refractivity contribution is -0.135. The van der Waals surface area contributed by atoms with Gasteiger partial charge >= 0.3 is 0 Å². The summed E-state index contributed by atoms with van der Waals surface area (Å²) in [6, 6.07) is 0. The number of amides is 2. The Morgan fingerprint density at radius 1 is 1.46 bits per heavy atom. The van der Waals surface area contributed by atoms with Crippen molar-refractivity contribution in [3.8, 4) is 0 Å². The van der Waals surface area contributed by atoms with Gasteiger partial charge in [-0.2, -0.15) is 0 Å². The molecule has 1 unspecified atom stereocenters. The van der Waals surface area contributed by atoms with Crippen LogP contribution in [0.4, 0.5) is 0 Å². The summed E-state index contributed by atoms with van der Waals surface area (Å²) in [5.74, 6) is -1.42. The summed E-state index contributed by atoms with van der Waals surface area (Å²) in [5, 5.41) is 0. The molecule has 0 aromatic carbocycles. The highest BCUT2D eigenvalue weighted by molar-refractivity contribution is 7.80. The molecular formula is C7H13N3O2S. The highest BCUT2D eigenvalue weighted by Crippen LogP contribution is 2.00. The van der Waals surface area contributed by atoms with E-state index in [1.807, 2.05) is 0 Å². The van der Waals surface area contributed by atoms with Crippen LogP contribution < -0.4 is 11.5 Å². The van der Waals surface area contributed by atoms with Crippen LogP contribution in [-0.4, -0.2) is 35.3 Å². The van der Waals surface area contributed by atoms with Gasteiger partial charge in [0.1, 0.15) is 0 Å². The van der Waals surface area contributed by atoms with Crippen molar-refractivity contribution in [2.24, 2.45) is 17.4 Å². The fourth-order valence-corrected chi connectivity index (χ4v) is 0.865. The lowest BCUT2D eigenvalue weighted by Crippen LogP contribution is -2.41. The van der Waals surface area contributed by atoms with E-state index in [0.29, 0.717) is 0 Å². The van der Waals surface area contributed by atoms with Gasteiger partial charge in [0, 0.05) is 7.05 Å². The molecule has 13 heavy (non-hydrogen) atoms. The minimum atomic E-state index is -0.564. The van der Waals surface area contributed by atoms with E-state index in [-0.39, 0.29) is 17.4 Å². The van der Waals surface area contributed by atoms with E-state index in [2.05, 4.69) is 12.2 Å². The van der Waals surface area contributed by atoms with Gasteiger partial charge in [0.15, 0.2) is 0 Å². The maximum absolute atomic E-state index is 11.4. The summed E-state index contributed by atoms with van der Waals surface area (Å²) in [6.07, 6.45) is 0. The second kappa shape index (κ2) is 4.76. The smallest absolute Gasteiger partial charge is 0.237 e. The lowest BCUT2D eigenvalue weighted by Gasteiger charge is -2.18. The van der Waals surface area contributed by atoms with Crippen LogP contribution >= 0.6 is 12.2 Å². The van der Waals surface area contributed by atoms with Crippen molar-refractivity contribution >= 4 is 29.0 Å². The molecule has 4 N–H and O–H groups in total. The first-order chi connectivity index (χ1) is 5.86. The van der Waals surface area contributed by atoms with E-state index >= 15 is 0 Å². The average Bonchev–Trinajstić information content (AvgIpc) is 2.00. The van der Waals surface area contributed by atoms with Crippen molar-refractivity contribution in [1.82, 2.24) is 4.90 Å². The van der Waals surface area contributed by atoms with Crippen molar-refractivity contribution in [3.05, 3.63) is 0 Å². The fraction of sp³-hybridized carbons (Fsp3) is 0.571. The van der Waals surface area contributed by atoms with Crippen LogP contribution in [0.1, 0.15) is 6.92 Å². The molecule has 6 heteroatoms. The monoisotopic (exact) mass is 203 g/mol. The first-order valence-corrected chi connectivity index (χ1v) is 4.09. The molecule has 2 amide bonds. The quantitative estimate of drug-likeness (QED) is 0.565. The van der Waals surface area contributed by atoms with Gasteiger partial charge < -0.3 is 16.4 Å². The molecule has 0 fully saturated rings. The van der Waals surface area contributed by atoms with Crippen LogP contribution in [0.2, 0.25) is 0 Å². The van der Waals surface area contributed by atoms with E-state index in [1.54, 1.807) is 6.92 Å². The number of primary amides is 1. The normalized spacial score (nSPS) is 11.8. The van der Waals surface area contributed by atoms with Crippen molar-refractivity contribution in [2.45, 2.75) is 6.92 Å². The molecule has 0 saturated heterocycles. The van der Waals surface area contributed by atoms with Crippen molar-refractivity contribution in [1.29, 1.82) is 0 Å². The number of carbonyl (C=O) groups excluding carboxylic acids is 2. The van der Waals surface area contributed by atoms with Crippen LogP contribution in [0.3, 0.4) is 0 Å². The Labute approximate surface area is 82.1 Å². The molecule has 0 aliphatic carbocycles. The van der Waals surface area contributed by atoms with Gasteiger partial charge in [0.25, 0.3) is 0 Å². The Hall–Kier alpha value is -1.17. The topological polar surface area (TPSA) is 89.4 Å². The van der Waals surface area contributed by atoms with Crippen LogP contribution in [-0.2, 0) is 9.59 Å². The second-order valence-electron chi connectivity index (χ2n) is 2.78.